The highest BCUT2D eigenvalue weighted by molar-refractivity contribution is 6.00. The summed E-state index contributed by atoms with van der Waals surface area (Å²) in [6.07, 6.45) is 6.62. The van der Waals surface area contributed by atoms with Crippen molar-refractivity contribution in [1.82, 2.24) is 20.0 Å². The number of nitrogens with one attached hydrogen (secondary N) is 1. The van der Waals surface area contributed by atoms with Crippen molar-refractivity contribution < 1.29 is 9.59 Å². The summed E-state index contributed by atoms with van der Waals surface area (Å²) in [5.41, 5.74) is 1.99. The monoisotopic (exact) mass is 340 g/mol. The van der Waals surface area contributed by atoms with Crippen LogP contribution in [0.25, 0.3) is 10.9 Å². The van der Waals surface area contributed by atoms with E-state index in [0.717, 1.165) is 36.8 Å². The fourth-order valence-corrected chi connectivity index (χ4v) is 3.78. The molecule has 132 valence electrons. The molecule has 6 nitrogen and oxygen atoms in total. The van der Waals surface area contributed by atoms with E-state index in [0.29, 0.717) is 11.0 Å². The smallest absolute Gasteiger partial charge is 0.251 e. The standard InChI is InChI=1S/C19H24N4O2/c1-13(18(25)23-9-7-19(5-6-19)8-10-23)21-17(24)14-3-4-15-12-20-22(2)16(15)11-14/h3-4,11-13H,5-10H2,1-2H3,(H,21,24)/t13-/m1/s1. The van der Waals surface area contributed by atoms with Gasteiger partial charge in [-0.05, 0) is 50.2 Å². The SMILES string of the molecule is C[C@@H](NC(=O)c1ccc2cnn(C)c2c1)C(=O)N1CCC2(CC1)CC2. The Bertz CT molecular complexity index is 827. The zero-order chi connectivity index (χ0) is 17.6. The van der Waals surface area contributed by atoms with Gasteiger partial charge in [0, 0.05) is 31.1 Å². The summed E-state index contributed by atoms with van der Waals surface area (Å²) in [6, 6.07) is 4.95. The number of carbonyl (C=O) groups is 2. The Balaban J connectivity index is 1.40. The van der Waals surface area contributed by atoms with E-state index in [1.54, 1.807) is 23.9 Å². The van der Waals surface area contributed by atoms with Crippen molar-refractivity contribution in [2.45, 2.75) is 38.6 Å². The Hall–Kier alpha value is -2.37. The number of nitrogens with zero attached hydrogens (tertiary/aromatic N) is 3. The van der Waals surface area contributed by atoms with Gasteiger partial charge < -0.3 is 10.2 Å². The van der Waals surface area contributed by atoms with E-state index in [1.807, 2.05) is 24.1 Å². The van der Waals surface area contributed by atoms with E-state index in [4.69, 9.17) is 0 Å². The molecule has 1 aliphatic heterocycles. The second-order valence-electron chi connectivity index (χ2n) is 7.56. The van der Waals surface area contributed by atoms with Crippen LogP contribution in [0.5, 0.6) is 0 Å². The van der Waals surface area contributed by atoms with Crippen LogP contribution in [-0.2, 0) is 11.8 Å². The van der Waals surface area contributed by atoms with E-state index in [-0.39, 0.29) is 11.8 Å². The molecular formula is C19H24N4O2. The van der Waals surface area contributed by atoms with E-state index < -0.39 is 6.04 Å². The minimum absolute atomic E-state index is 0.0189. The van der Waals surface area contributed by atoms with Gasteiger partial charge in [-0.1, -0.05) is 6.07 Å². The maximum Gasteiger partial charge on any atom is 0.251 e. The number of piperidine rings is 1. The molecule has 1 atom stereocenters. The lowest BCUT2D eigenvalue weighted by molar-refractivity contribution is -0.134. The van der Waals surface area contributed by atoms with Crippen LogP contribution in [0.1, 0.15) is 43.0 Å². The molecule has 2 aromatic rings. The molecule has 1 N–H and O–H groups in total. The maximum absolute atomic E-state index is 12.6. The lowest BCUT2D eigenvalue weighted by Crippen LogP contribution is -2.49. The number of rotatable bonds is 3. The molecule has 0 unspecified atom stereocenters. The Morgan fingerprint density at radius 1 is 1.20 bits per heavy atom. The molecule has 1 aliphatic carbocycles. The van der Waals surface area contributed by atoms with Crippen LogP contribution in [0.3, 0.4) is 0 Å². The highest BCUT2D eigenvalue weighted by Crippen LogP contribution is 2.53. The van der Waals surface area contributed by atoms with Gasteiger partial charge in [-0.25, -0.2) is 0 Å². The molecular weight excluding hydrogens is 316 g/mol. The van der Waals surface area contributed by atoms with Crippen LogP contribution in [0.15, 0.2) is 24.4 Å². The van der Waals surface area contributed by atoms with Crippen LogP contribution >= 0.6 is 0 Å². The quantitative estimate of drug-likeness (QED) is 0.930. The molecule has 6 heteroatoms. The lowest BCUT2D eigenvalue weighted by Gasteiger charge is -2.33. The van der Waals surface area contributed by atoms with Gasteiger partial charge in [0.05, 0.1) is 11.7 Å². The first-order chi connectivity index (χ1) is 12.0. The van der Waals surface area contributed by atoms with Crippen LogP contribution < -0.4 is 5.32 Å². The van der Waals surface area contributed by atoms with E-state index in [1.165, 1.54) is 12.8 Å². The average Bonchev–Trinajstić information content (AvgIpc) is 3.27. The first-order valence-electron chi connectivity index (χ1n) is 8.99. The second-order valence-corrected chi connectivity index (χ2v) is 7.56. The molecule has 0 bridgehead atoms. The number of carbonyl (C=O) groups excluding carboxylic acids is 2. The van der Waals surface area contributed by atoms with Crippen LogP contribution in [0.2, 0.25) is 0 Å². The molecule has 2 amide bonds. The highest BCUT2D eigenvalue weighted by atomic mass is 16.2. The van der Waals surface area contributed by atoms with Gasteiger partial charge in [0.15, 0.2) is 0 Å². The van der Waals surface area contributed by atoms with E-state index >= 15 is 0 Å². The molecule has 1 saturated carbocycles. The van der Waals surface area contributed by atoms with Gasteiger partial charge in [0.2, 0.25) is 5.91 Å². The summed E-state index contributed by atoms with van der Waals surface area (Å²) in [4.78, 5) is 27.0. The molecule has 0 radical (unpaired) electrons. The van der Waals surface area contributed by atoms with Gasteiger partial charge in [0.1, 0.15) is 6.04 Å². The number of fused-ring (bicyclic) bond motifs is 1. The number of amides is 2. The van der Waals surface area contributed by atoms with Crippen molar-refractivity contribution in [1.29, 1.82) is 0 Å². The van der Waals surface area contributed by atoms with E-state index in [2.05, 4.69) is 10.4 Å². The molecule has 1 aromatic heterocycles. The summed E-state index contributed by atoms with van der Waals surface area (Å²) in [7, 11) is 1.85. The van der Waals surface area contributed by atoms with Gasteiger partial charge in [-0.15, -0.1) is 0 Å². The lowest BCUT2D eigenvalue weighted by atomic mass is 9.93. The van der Waals surface area contributed by atoms with Crippen LogP contribution in [0.4, 0.5) is 0 Å². The second kappa shape index (κ2) is 5.86. The molecule has 2 heterocycles. The van der Waals surface area contributed by atoms with Crippen molar-refractivity contribution in [3.63, 3.8) is 0 Å². The largest absolute Gasteiger partial charge is 0.341 e. The number of hydrogen-bond acceptors (Lipinski definition) is 3. The number of hydrogen-bond donors (Lipinski definition) is 1. The Kier molecular flexibility index (Phi) is 3.78. The number of aryl methyl sites for hydroxylation is 1. The number of likely N-dealkylation sites (tertiary alicyclic amines) is 1. The predicted octanol–water partition coefficient (Wildman–Crippen LogP) is 2.09. The maximum atomic E-state index is 12.6. The first kappa shape index (κ1) is 16.1. The minimum Gasteiger partial charge on any atom is -0.341 e. The molecule has 1 spiro atoms. The van der Waals surface area contributed by atoms with Gasteiger partial charge in [-0.2, -0.15) is 5.10 Å². The topological polar surface area (TPSA) is 67.2 Å². The van der Waals surface area contributed by atoms with Gasteiger partial charge in [0.25, 0.3) is 5.91 Å². The zero-order valence-corrected chi connectivity index (χ0v) is 14.8. The van der Waals surface area contributed by atoms with Crippen LogP contribution in [-0.4, -0.2) is 45.6 Å². The summed E-state index contributed by atoms with van der Waals surface area (Å²) < 4.78 is 1.74. The zero-order valence-electron chi connectivity index (χ0n) is 14.8. The Morgan fingerprint density at radius 3 is 2.60 bits per heavy atom. The molecule has 25 heavy (non-hydrogen) atoms. The van der Waals surface area contributed by atoms with Crippen molar-refractivity contribution in [2.24, 2.45) is 12.5 Å². The molecule has 1 aromatic carbocycles. The van der Waals surface area contributed by atoms with Gasteiger partial charge in [-0.3, -0.25) is 14.3 Å². The molecule has 2 fully saturated rings. The first-order valence-corrected chi connectivity index (χ1v) is 8.99. The summed E-state index contributed by atoms with van der Waals surface area (Å²) in [5, 5.41) is 8.02. The average molecular weight is 340 g/mol. The van der Waals surface area contributed by atoms with Crippen molar-refractivity contribution in [3.8, 4) is 0 Å². The summed E-state index contributed by atoms with van der Waals surface area (Å²) >= 11 is 0. The number of aromatic nitrogens is 2. The third-order valence-corrected chi connectivity index (χ3v) is 5.82. The van der Waals surface area contributed by atoms with Gasteiger partial charge >= 0.3 is 0 Å². The third-order valence-electron chi connectivity index (χ3n) is 5.82. The minimum atomic E-state index is -0.511. The fourth-order valence-electron chi connectivity index (χ4n) is 3.78. The third kappa shape index (κ3) is 3.01. The molecule has 4 rings (SSSR count). The Labute approximate surface area is 147 Å². The normalized spacial score (nSPS) is 19.8. The van der Waals surface area contributed by atoms with Crippen molar-refractivity contribution in [2.75, 3.05) is 13.1 Å². The molecule has 1 saturated heterocycles. The number of benzene rings is 1. The molecule has 2 aliphatic rings. The predicted molar refractivity (Wildman–Crippen MR) is 95.1 cm³/mol. The van der Waals surface area contributed by atoms with Crippen LogP contribution in [0, 0.1) is 5.41 Å². The van der Waals surface area contributed by atoms with Crippen molar-refractivity contribution >= 4 is 22.7 Å². The Morgan fingerprint density at radius 2 is 1.92 bits per heavy atom. The van der Waals surface area contributed by atoms with Crippen molar-refractivity contribution in [3.05, 3.63) is 30.0 Å². The highest BCUT2D eigenvalue weighted by Gasteiger charge is 2.45. The fraction of sp³-hybridized carbons (Fsp3) is 0.526. The summed E-state index contributed by atoms with van der Waals surface area (Å²) in [6.45, 7) is 3.41. The van der Waals surface area contributed by atoms with E-state index in [9.17, 15) is 9.59 Å². The summed E-state index contributed by atoms with van der Waals surface area (Å²) in [5.74, 6) is -0.204.